The summed E-state index contributed by atoms with van der Waals surface area (Å²) in [6.07, 6.45) is 1.82. The second-order valence-electron chi connectivity index (χ2n) is 4.69. The van der Waals surface area contributed by atoms with E-state index in [1.165, 1.54) is 0 Å². The Morgan fingerprint density at radius 3 is 1.42 bits per heavy atom. The molecule has 0 aliphatic rings. The van der Waals surface area contributed by atoms with Crippen LogP contribution < -0.4 is 0 Å². The van der Waals surface area contributed by atoms with Crippen LogP contribution in [0, 0.1) is 11.8 Å². The third kappa shape index (κ3) is 8.59. The molecule has 2 heteroatoms. The maximum absolute atomic E-state index is 9.86. The van der Waals surface area contributed by atoms with Crippen molar-refractivity contribution < 1.29 is 5.11 Å². The molecule has 0 amide bonds. The van der Waals surface area contributed by atoms with E-state index in [4.69, 9.17) is 0 Å². The minimum absolute atomic E-state index is 0. The van der Waals surface area contributed by atoms with Gasteiger partial charge in [0, 0.05) is 0 Å². The smallest absolute Gasteiger partial charge is 0.187 e. The molecule has 1 nitrogen and oxygen atoms in total. The lowest BCUT2D eigenvalue weighted by molar-refractivity contribution is 0.0186. The van der Waals surface area contributed by atoms with Crippen LogP contribution >= 0.6 is 0 Å². The molecule has 0 rings (SSSR count). The van der Waals surface area contributed by atoms with Gasteiger partial charge in [-0.2, -0.15) is 0 Å². The highest BCUT2D eigenvalue weighted by Gasteiger charge is 2.22. The first kappa shape index (κ1) is 15.0. The zero-order valence-corrected chi connectivity index (χ0v) is 8.52. The predicted molar refractivity (Wildman–Crippen MR) is 59.5 cm³/mol. The van der Waals surface area contributed by atoms with Gasteiger partial charge < -0.3 is 5.11 Å². The molecule has 0 aromatic heterocycles. The Labute approximate surface area is 87.7 Å². The fourth-order valence-electron chi connectivity index (χ4n) is 1.84. The van der Waals surface area contributed by atoms with Crippen molar-refractivity contribution in [2.45, 2.75) is 53.1 Å². The summed E-state index contributed by atoms with van der Waals surface area (Å²) in [5.74, 6) is 1.17. The Hall–Kier alpha value is 0.492. The molecule has 0 unspecified atom stereocenters. The molecule has 0 spiro atoms. The lowest BCUT2D eigenvalue weighted by atomic mass is 9.87. The van der Waals surface area contributed by atoms with Crippen LogP contribution in [0.15, 0.2) is 0 Å². The average Bonchev–Trinajstić information content (AvgIpc) is 1.53. The van der Waals surface area contributed by atoms with Crippen molar-refractivity contribution in [1.82, 2.24) is 0 Å². The molecule has 0 aliphatic heterocycles. The third-order valence-electron chi connectivity index (χ3n) is 1.70. The molecule has 0 radical (unpaired) electrons. The lowest BCUT2D eigenvalue weighted by Crippen LogP contribution is -2.28. The molecule has 1 N–H and O–H groups in total. The van der Waals surface area contributed by atoms with Gasteiger partial charge >= 0.3 is 0 Å². The van der Waals surface area contributed by atoms with Crippen molar-refractivity contribution in [3.63, 3.8) is 0 Å². The minimum atomic E-state index is -0.456. The van der Waals surface area contributed by atoms with E-state index in [2.05, 4.69) is 27.7 Å². The van der Waals surface area contributed by atoms with Crippen molar-refractivity contribution in [1.29, 1.82) is 0 Å². The minimum Gasteiger partial charge on any atom is -0.390 e. The van der Waals surface area contributed by atoms with Crippen LogP contribution in [-0.2, 0) is 0 Å². The second kappa shape index (κ2) is 6.02. The Kier molecular flexibility index (Phi) is 7.52. The monoisotopic (exact) mass is 188 g/mol. The molecule has 12 heavy (non-hydrogen) atoms. The second-order valence-corrected chi connectivity index (χ2v) is 4.69. The summed E-state index contributed by atoms with van der Waals surface area (Å²) < 4.78 is 0. The molecule has 0 heterocycles. The molecule has 0 aromatic rings. The van der Waals surface area contributed by atoms with Crippen LogP contribution in [0.5, 0.6) is 0 Å². The first-order chi connectivity index (χ1) is 4.83. The van der Waals surface area contributed by atoms with Crippen LogP contribution in [0.1, 0.15) is 47.5 Å². The van der Waals surface area contributed by atoms with E-state index in [1.54, 1.807) is 0 Å². The highest BCUT2D eigenvalue weighted by atomic mass is 27.0. The number of rotatable bonds is 4. The summed E-state index contributed by atoms with van der Waals surface area (Å²) in [6, 6.07) is 0. The molecule has 74 valence electrons. The van der Waals surface area contributed by atoms with Gasteiger partial charge in [0.2, 0.25) is 0 Å². The molecule has 0 fully saturated rings. The van der Waals surface area contributed by atoms with Crippen LogP contribution in [0.2, 0.25) is 0 Å². The number of aliphatic hydroxyl groups is 1. The van der Waals surface area contributed by atoms with Gasteiger partial charge in [-0.1, -0.05) is 27.7 Å². The summed E-state index contributed by atoms with van der Waals surface area (Å²) in [7, 11) is 0. The number of hydrogen-bond donors (Lipinski definition) is 1. The zero-order valence-electron chi connectivity index (χ0n) is 8.52. The highest BCUT2D eigenvalue weighted by Crippen LogP contribution is 2.23. The van der Waals surface area contributed by atoms with E-state index in [9.17, 15) is 5.11 Å². The largest absolute Gasteiger partial charge is 0.390 e. The molecule has 0 bridgehead atoms. The van der Waals surface area contributed by atoms with E-state index in [0.717, 1.165) is 12.8 Å². The third-order valence-corrected chi connectivity index (χ3v) is 1.70. The molecular weight excluding hydrogens is 163 g/mol. The van der Waals surface area contributed by atoms with Crippen molar-refractivity contribution in [2.24, 2.45) is 11.8 Å². The van der Waals surface area contributed by atoms with Crippen molar-refractivity contribution in [3.05, 3.63) is 0 Å². The molecule has 0 saturated heterocycles. The summed E-state index contributed by atoms with van der Waals surface area (Å²) >= 11 is 0. The first-order valence-corrected chi connectivity index (χ1v) is 4.56. The summed E-state index contributed by atoms with van der Waals surface area (Å²) in [5.41, 5.74) is -0.456. The standard InChI is InChI=1S/C10H22O.Al.3H/c1-8(2)6-10(5,11)7-9(3)4;;;;/h8-9,11H,6-7H2,1-5H3;;;;. The normalized spacial score (nSPS) is 12.0. The fourth-order valence-corrected chi connectivity index (χ4v) is 1.84. The highest BCUT2D eigenvalue weighted by molar-refractivity contribution is 5.75. The van der Waals surface area contributed by atoms with E-state index < -0.39 is 5.60 Å². The van der Waals surface area contributed by atoms with E-state index in [0.29, 0.717) is 11.8 Å². The van der Waals surface area contributed by atoms with Crippen molar-refractivity contribution in [3.8, 4) is 0 Å². The van der Waals surface area contributed by atoms with Crippen LogP contribution in [0.4, 0.5) is 0 Å². The van der Waals surface area contributed by atoms with E-state index >= 15 is 0 Å². The Morgan fingerprint density at radius 1 is 1.00 bits per heavy atom. The van der Waals surface area contributed by atoms with Gasteiger partial charge in [0.15, 0.2) is 17.4 Å². The van der Waals surface area contributed by atoms with Gasteiger partial charge in [-0.25, -0.2) is 0 Å². The first-order valence-electron chi connectivity index (χ1n) is 4.56. The van der Waals surface area contributed by atoms with E-state index in [1.807, 2.05) is 6.92 Å². The Balaban J connectivity index is 0. The van der Waals surface area contributed by atoms with Gasteiger partial charge in [-0.15, -0.1) is 0 Å². The van der Waals surface area contributed by atoms with Gasteiger partial charge in [0.1, 0.15) is 0 Å². The van der Waals surface area contributed by atoms with Gasteiger partial charge in [-0.3, -0.25) is 0 Å². The summed E-state index contributed by atoms with van der Waals surface area (Å²) in [5, 5.41) is 9.86. The van der Waals surface area contributed by atoms with Crippen LogP contribution in [-0.4, -0.2) is 28.1 Å². The zero-order chi connectivity index (χ0) is 9.07. The quantitative estimate of drug-likeness (QED) is 0.665. The van der Waals surface area contributed by atoms with Gasteiger partial charge in [0.25, 0.3) is 0 Å². The average molecular weight is 188 g/mol. The summed E-state index contributed by atoms with van der Waals surface area (Å²) in [4.78, 5) is 0. The van der Waals surface area contributed by atoms with Gasteiger partial charge in [-0.05, 0) is 31.6 Å². The summed E-state index contributed by atoms with van der Waals surface area (Å²) in [6.45, 7) is 10.5. The SMILES string of the molecule is CC(C)CC(C)(O)CC(C)C.[AlH3]. The lowest BCUT2D eigenvalue weighted by Gasteiger charge is -2.26. The maximum atomic E-state index is 9.86. The van der Waals surface area contributed by atoms with Crippen LogP contribution in [0.25, 0.3) is 0 Å². The van der Waals surface area contributed by atoms with Gasteiger partial charge in [0.05, 0.1) is 5.60 Å². The Bertz CT molecular complexity index is 96.4. The molecule has 0 aliphatic carbocycles. The predicted octanol–water partition coefficient (Wildman–Crippen LogP) is 1.65. The molecule has 0 aromatic carbocycles. The van der Waals surface area contributed by atoms with Crippen molar-refractivity contribution in [2.75, 3.05) is 0 Å². The molecular formula is C10H25AlO. The number of hydrogen-bond acceptors (Lipinski definition) is 1. The maximum Gasteiger partial charge on any atom is 0.187 e. The van der Waals surface area contributed by atoms with Crippen LogP contribution in [0.3, 0.4) is 0 Å². The van der Waals surface area contributed by atoms with E-state index in [-0.39, 0.29) is 17.4 Å². The molecule has 0 saturated carbocycles. The van der Waals surface area contributed by atoms with Crippen molar-refractivity contribution >= 4 is 17.4 Å². The molecule has 0 atom stereocenters. The fraction of sp³-hybridized carbons (Fsp3) is 1.00. The Morgan fingerprint density at radius 2 is 1.25 bits per heavy atom. The topological polar surface area (TPSA) is 20.2 Å².